The van der Waals surface area contributed by atoms with Gasteiger partial charge in [-0.15, -0.1) is 0 Å². The van der Waals surface area contributed by atoms with Crippen molar-refractivity contribution < 1.29 is 29.1 Å². The summed E-state index contributed by atoms with van der Waals surface area (Å²) in [6, 6.07) is 5.26. The van der Waals surface area contributed by atoms with E-state index < -0.39 is 41.5 Å². The van der Waals surface area contributed by atoms with E-state index in [0.717, 1.165) is 5.57 Å². The number of allylic oxidation sites excluding steroid dienone is 6. The van der Waals surface area contributed by atoms with Crippen molar-refractivity contribution in [3.8, 4) is 5.75 Å². The Bertz CT molecular complexity index is 1220. The first-order valence-corrected chi connectivity index (χ1v) is 10.4. The van der Waals surface area contributed by atoms with Crippen molar-refractivity contribution in [2.24, 2.45) is 23.5 Å². The molecule has 4 amide bonds. The highest BCUT2D eigenvalue weighted by atomic mass is 16.3. The van der Waals surface area contributed by atoms with Gasteiger partial charge in [-0.25, -0.2) is 4.79 Å². The van der Waals surface area contributed by atoms with E-state index in [0.29, 0.717) is 27.2 Å². The van der Waals surface area contributed by atoms with Crippen LogP contribution in [0.2, 0.25) is 0 Å². The van der Waals surface area contributed by atoms with Gasteiger partial charge < -0.3 is 10.8 Å². The third kappa shape index (κ3) is 2.65. The molecule has 4 unspecified atom stereocenters. The highest BCUT2D eigenvalue weighted by Crippen LogP contribution is 2.55. The SMILES string of the molecule is CC1=CC(=O)C2=C(C1=O)C(c1ccc(O)cc1)C1=CCC3C(=O)N(C(N)=O)C(=O)C3C1C2. The van der Waals surface area contributed by atoms with Crippen LogP contribution >= 0.6 is 0 Å². The van der Waals surface area contributed by atoms with E-state index in [1.165, 1.54) is 18.2 Å². The number of carbonyl (C=O) groups excluding carboxylic acids is 5. The van der Waals surface area contributed by atoms with Crippen molar-refractivity contribution in [2.45, 2.75) is 25.7 Å². The highest BCUT2D eigenvalue weighted by molar-refractivity contribution is 6.24. The third-order valence-electron chi connectivity index (χ3n) is 7.01. The molecule has 1 heterocycles. The van der Waals surface area contributed by atoms with Gasteiger partial charge in [0.1, 0.15) is 5.75 Å². The normalized spacial score (nSPS) is 29.3. The number of nitrogens with two attached hydrogens (primary N) is 1. The van der Waals surface area contributed by atoms with Crippen molar-refractivity contribution in [1.29, 1.82) is 0 Å². The van der Waals surface area contributed by atoms with Crippen molar-refractivity contribution >= 4 is 29.4 Å². The van der Waals surface area contributed by atoms with Crippen molar-refractivity contribution in [3.63, 3.8) is 0 Å². The average Bonchev–Trinajstić information content (AvgIpc) is 3.01. The van der Waals surface area contributed by atoms with Gasteiger partial charge in [0.25, 0.3) is 0 Å². The van der Waals surface area contributed by atoms with Crippen LogP contribution in [-0.2, 0) is 19.2 Å². The van der Waals surface area contributed by atoms with Crippen LogP contribution in [0.5, 0.6) is 5.75 Å². The molecule has 5 rings (SSSR count). The molecule has 162 valence electrons. The maximum atomic E-state index is 13.2. The predicted molar refractivity (Wildman–Crippen MR) is 111 cm³/mol. The zero-order valence-electron chi connectivity index (χ0n) is 17.2. The van der Waals surface area contributed by atoms with Crippen LogP contribution in [0, 0.1) is 17.8 Å². The van der Waals surface area contributed by atoms with E-state index >= 15 is 0 Å². The summed E-state index contributed by atoms with van der Waals surface area (Å²) in [5, 5.41) is 9.74. The highest BCUT2D eigenvalue weighted by Gasteiger charge is 2.57. The van der Waals surface area contributed by atoms with Gasteiger partial charge in [0, 0.05) is 22.6 Å². The quantitative estimate of drug-likeness (QED) is 0.395. The Balaban J connectivity index is 1.69. The summed E-state index contributed by atoms with van der Waals surface area (Å²) >= 11 is 0. The van der Waals surface area contributed by atoms with Gasteiger partial charge in [0.05, 0.1) is 11.8 Å². The molecule has 0 bridgehead atoms. The first-order chi connectivity index (χ1) is 15.2. The lowest BCUT2D eigenvalue weighted by Gasteiger charge is -2.42. The number of imide groups is 3. The van der Waals surface area contributed by atoms with E-state index in [4.69, 9.17) is 5.73 Å². The number of Topliss-reactive ketones (excluding diaryl/α,β-unsaturated/α-hetero) is 1. The molecule has 3 N–H and O–H groups in total. The molecule has 8 nitrogen and oxygen atoms in total. The Morgan fingerprint density at radius 3 is 2.41 bits per heavy atom. The molecule has 0 radical (unpaired) electrons. The Hall–Kier alpha value is -3.81. The summed E-state index contributed by atoms with van der Waals surface area (Å²) in [5.74, 6) is -4.38. The van der Waals surface area contributed by atoms with Gasteiger partial charge in [0.15, 0.2) is 11.6 Å². The summed E-state index contributed by atoms with van der Waals surface area (Å²) in [6.07, 6.45) is 3.53. The Morgan fingerprint density at radius 2 is 1.75 bits per heavy atom. The molecule has 4 aliphatic rings. The van der Waals surface area contributed by atoms with Crippen LogP contribution in [0.15, 0.2) is 58.7 Å². The molecule has 1 saturated heterocycles. The van der Waals surface area contributed by atoms with Crippen molar-refractivity contribution in [2.75, 3.05) is 0 Å². The molecule has 1 aliphatic heterocycles. The number of urea groups is 1. The zero-order chi connectivity index (χ0) is 22.9. The first kappa shape index (κ1) is 20.1. The van der Waals surface area contributed by atoms with E-state index in [2.05, 4.69) is 0 Å². The minimum absolute atomic E-state index is 0.0591. The second kappa shape index (κ2) is 6.85. The minimum Gasteiger partial charge on any atom is -0.508 e. The van der Waals surface area contributed by atoms with Crippen LogP contribution in [-0.4, -0.2) is 39.4 Å². The fourth-order valence-electron chi connectivity index (χ4n) is 5.62. The second-order valence-electron chi connectivity index (χ2n) is 8.67. The summed E-state index contributed by atoms with van der Waals surface area (Å²) in [4.78, 5) is 64.1. The lowest BCUT2D eigenvalue weighted by molar-refractivity contribution is -0.136. The molecule has 8 heteroatoms. The van der Waals surface area contributed by atoms with E-state index in [1.807, 2.05) is 6.08 Å². The number of nitrogens with zero attached hydrogens (tertiary/aromatic N) is 1. The molecule has 0 spiro atoms. The van der Waals surface area contributed by atoms with Crippen molar-refractivity contribution in [1.82, 2.24) is 4.90 Å². The van der Waals surface area contributed by atoms with Gasteiger partial charge >= 0.3 is 6.03 Å². The molecule has 1 aromatic rings. The molecule has 0 saturated carbocycles. The number of phenols is 1. The zero-order valence-corrected chi connectivity index (χ0v) is 17.2. The van der Waals surface area contributed by atoms with E-state index in [1.54, 1.807) is 19.1 Å². The maximum Gasteiger partial charge on any atom is 0.328 e. The Labute approximate surface area is 183 Å². The lowest BCUT2D eigenvalue weighted by Crippen LogP contribution is -2.42. The summed E-state index contributed by atoms with van der Waals surface area (Å²) in [6.45, 7) is 1.60. The van der Waals surface area contributed by atoms with Crippen LogP contribution in [0.1, 0.15) is 31.2 Å². The van der Waals surface area contributed by atoms with Crippen LogP contribution in [0.4, 0.5) is 4.79 Å². The second-order valence-corrected chi connectivity index (χ2v) is 8.67. The van der Waals surface area contributed by atoms with Gasteiger partial charge in [-0.3, -0.25) is 19.2 Å². The number of hydrogen-bond donors (Lipinski definition) is 2. The number of phenolic OH excluding ortho intramolecular Hbond substituents is 1. The molecule has 3 aliphatic carbocycles. The van der Waals surface area contributed by atoms with Crippen LogP contribution < -0.4 is 5.73 Å². The molecular weight excluding hydrogens is 412 g/mol. The number of carbonyl (C=O) groups is 5. The van der Waals surface area contributed by atoms with E-state index in [-0.39, 0.29) is 30.2 Å². The van der Waals surface area contributed by atoms with Gasteiger partial charge in [-0.2, -0.15) is 4.90 Å². The number of likely N-dealkylation sites (tertiary alicyclic amines) is 1. The molecule has 1 fully saturated rings. The number of fused-ring (bicyclic) bond motifs is 3. The summed E-state index contributed by atoms with van der Waals surface area (Å²) in [7, 11) is 0. The first-order valence-electron chi connectivity index (χ1n) is 10.4. The fraction of sp³-hybridized carbons (Fsp3) is 0.292. The van der Waals surface area contributed by atoms with Gasteiger partial charge in [0.2, 0.25) is 11.8 Å². The number of rotatable bonds is 1. The smallest absolute Gasteiger partial charge is 0.328 e. The number of ketones is 2. The maximum absolute atomic E-state index is 13.2. The minimum atomic E-state index is -1.11. The fourth-order valence-corrected chi connectivity index (χ4v) is 5.62. The van der Waals surface area contributed by atoms with Gasteiger partial charge in [-0.1, -0.05) is 23.8 Å². The number of aromatic hydroxyl groups is 1. The number of benzene rings is 1. The average molecular weight is 432 g/mol. The standard InChI is InChI=1S/C24H20N2O6/c1-10-8-17(28)16-9-15-13(6-7-14-19(15)23(31)26(22(14)30)24(25)32)18(20(16)21(10)29)11-2-4-12(27)5-3-11/h2-6,8,14-15,18-19,27H,7,9H2,1H3,(H2,25,32). The topological polar surface area (TPSA) is 135 Å². The molecule has 0 aromatic heterocycles. The molecule has 1 aromatic carbocycles. The number of primary amides is 1. The monoisotopic (exact) mass is 432 g/mol. The van der Waals surface area contributed by atoms with E-state index in [9.17, 15) is 29.1 Å². The van der Waals surface area contributed by atoms with Crippen LogP contribution in [0.25, 0.3) is 0 Å². The Morgan fingerprint density at radius 1 is 1.06 bits per heavy atom. The lowest BCUT2D eigenvalue weighted by atomic mass is 9.59. The van der Waals surface area contributed by atoms with Crippen molar-refractivity contribution in [3.05, 3.63) is 64.3 Å². The number of hydrogen-bond acceptors (Lipinski definition) is 6. The van der Waals surface area contributed by atoms with Gasteiger partial charge in [-0.05, 0) is 49.5 Å². The largest absolute Gasteiger partial charge is 0.508 e. The predicted octanol–water partition coefficient (Wildman–Crippen LogP) is 1.90. The van der Waals surface area contributed by atoms with Crippen LogP contribution in [0.3, 0.4) is 0 Å². The molecule has 32 heavy (non-hydrogen) atoms. The third-order valence-corrected chi connectivity index (χ3v) is 7.01. The number of amides is 4. The molecular formula is C24H20N2O6. The summed E-state index contributed by atoms with van der Waals surface area (Å²) in [5.41, 5.74) is 7.82. The summed E-state index contributed by atoms with van der Waals surface area (Å²) < 4.78 is 0. The molecule has 4 atom stereocenters. The Kier molecular flexibility index (Phi) is 4.30.